The van der Waals surface area contributed by atoms with Crippen LogP contribution in [0.15, 0.2) is 27.1 Å². The minimum Gasteiger partial charge on any atom is -0.365 e. The van der Waals surface area contributed by atoms with E-state index < -0.39 is 0 Å². The number of piperazine rings is 1. The number of hydrogen-bond donors (Lipinski definition) is 0. The largest absolute Gasteiger partial charge is 0.365 e. The molecule has 0 radical (unpaired) electrons. The molecule has 0 aliphatic carbocycles. The van der Waals surface area contributed by atoms with Gasteiger partial charge in [-0.15, -0.1) is 0 Å². The maximum Gasteiger partial charge on any atom is 0.0514 e. The van der Waals surface area contributed by atoms with Gasteiger partial charge in [0.15, 0.2) is 0 Å². The predicted octanol–water partition coefficient (Wildman–Crippen LogP) is 4.27. The van der Waals surface area contributed by atoms with Gasteiger partial charge in [-0.3, -0.25) is 4.90 Å². The zero-order valence-corrected chi connectivity index (χ0v) is 14.5. The van der Waals surface area contributed by atoms with Gasteiger partial charge in [0.25, 0.3) is 0 Å². The van der Waals surface area contributed by atoms with Crippen LogP contribution in [0.3, 0.4) is 0 Å². The third-order valence-electron chi connectivity index (χ3n) is 4.48. The second kappa shape index (κ2) is 5.74. The standard InChI is InChI=1S/C15H20Br2N2/c1-2-12-9-18-7-3-4-13(18)10-19(12)15-6-5-11(16)8-14(15)17/h5-6,8,12-13H,2-4,7,9-10H2,1H3. The Hall–Kier alpha value is -0.0600. The molecule has 2 aliphatic heterocycles. The van der Waals surface area contributed by atoms with Crippen molar-refractivity contribution >= 4 is 37.5 Å². The van der Waals surface area contributed by atoms with E-state index in [4.69, 9.17) is 0 Å². The van der Waals surface area contributed by atoms with Crippen LogP contribution in [0.4, 0.5) is 5.69 Å². The lowest BCUT2D eigenvalue weighted by molar-refractivity contribution is 0.194. The first-order chi connectivity index (χ1) is 9.19. The Bertz CT molecular complexity index is 463. The van der Waals surface area contributed by atoms with E-state index in [1.54, 1.807) is 0 Å². The summed E-state index contributed by atoms with van der Waals surface area (Å²) >= 11 is 7.27. The fourth-order valence-electron chi connectivity index (χ4n) is 3.45. The van der Waals surface area contributed by atoms with Crippen molar-refractivity contribution in [1.82, 2.24) is 4.90 Å². The number of rotatable bonds is 2. The maximum absolute atomic E-state index is 3.73. The normalized spacial score (nSPS) is 27.6. The summed E-state index contributed by atoms with van der Waals surface area (Å²) in [4.78, 5) is 5.31. The van der Waals surface area contributed by atoms with Crippen LogP contribution in [0.5, 0.6) is 0 Å². The lowest BCUT2D eigenvalue weighted by Crippen LogP contribution is -2.56. The van der Waals surface area contributed by atoms with Crippen molar-refractivity contribution in [3.8, 4) is 0 Å². The molecule has 2 unspecified atom stereocenters. The van der Waals surface area contributed by atoms with E-state index in [0.717, 1.165) is 10.5 Å². The van der Waals surface area contributed by atoms with Gasteiger partial charge >= 0.3 is 0 Å². The van der Waals surface area contributed by atoms with Crippen LogP contribution in [-0.2, 0) is 0 Å². The number of benzene rings is 1. The van der Waals surface area contributed by atoms with Crippen LogP contribution in [-0.4, -0.2) is 36.6 Å². The first-order valence-corrected chi connectivity index (χ1v) is 8.73. The molecular weight excluding hydrogens is 368 g/mol. The van der Waals surface area contributed by atoms with Gasteiger partial charge in [0.05, 0.1) is 5.69 Å². The molecular formula is C15H20Br2N2. The van der Waals surface area contributed by atoms with E-state index in [9.17, 15) is 0 Å². The van der Waals surface area contributed by atoms with Gasteiger partial charge in [0, 0.05) is 34.1 Å². The van der Waals surface area contributed by atoms with Gasteiger partial charge in [0.1, 0.15) is 0 Å². The van der Waals surface area contributed by atoms with Gasteiger partial charge < -0.3 is 4.90 Å². The molecule has 0 bridgehead atoms. The fourth-order valence-corrected chi connectivity index (χ4v) is 4.72. The highest BCUT2D eigenvalue weighted by Gasteiger charge is 2.36. The highest BCUT2D eigenvalue weighted by atomic mass is 79.9. The summed E-state index contributed by atoms with van der Waals surface area (Å²) in [6.45, 7) is 6.01. The van der Waals surface area contributed by atoms with Crippen LogP contribution >= 0.6 is 31.9 Å². The summed E-state index contributed by atoms with van der Waals surface area (Å²) in [7, 11) is 0. The number of anilines is 1. The molecule has 2 aliphatic rings. The summed E-state index contributed by atoms with van der Waals surface area (Å²) < 4.78 is 2.34. The van der Waals surface area contributed by atoms with Crippen molar-refractivity contribution < 1.29 is 0 Å². The van der Waals surface area contributed by atoms with Crippen molar-refractivity contribution in [3.63, 3.8) is 0 Å². The minimum atomic E-state index is 0.645. The smallest absolute Gasteiger partial charge is 0.0514 e. The van der Waals surface area contributed by atoms with Crippen LogP contribution < -0.4 is 4.90 Å². The van der Waals surface area contributed by atoms with Crippen molar-refractivity contribution in [2.24, 2.45) is 0 Å². The van der Waals surface area contributed by atoms with Crippen molar-refractivity contribution in [3.05, 3.63) is 27.1 Å². The first kappa shape index (κ1) is 13.9. The molecule has 0 N–H and O–H groups in total. The molecule has 19 heavy (non-hydrogen) atoms. The van der Waals surface area contributed by atoms with Crippen molar-refractivity contribution in [2.75, 3.05) is 24.5 Å². The van der Waals surface area contributed by atoms with Crippen molar-refractivity contribution in [1.29, 1.82) is 0 Å². The van der Waals surface area contributed by atoms with Gasteiger partial charge in [0.2, 0.25) is 0 Å². The Morgan fingerprint density at radius 3 is 2.84 bits per heavy atom. The average Bonchev–Trinajstić information content (AvgIpc) is 2.84. The SMILES string of the molecule is CCC1CN2CCCC2CN1c1ccc(Br)cc1Br. The average molecular weight is 388 g/mol. The van der Waals surface area contributed by atoms with E-state index in [-0.39, 0.29) is 0 Å². The van der Waals surface area contributed by atoms with Gasteiger partial charge in [-0.25, -0.2) is 0 Å². The monoisotopic (exact) mass is 386 g/mol. The van der Waals surface area contributed by atoms with Crippen molar-refractivity contribution in [2.45, 2.75) is 38.3 Å². The van der Waals surface area contributed by atoms with E-state index in [1.165, 1.54) is 49.1 Å². The molecule has 3 rings (SSSR count). The third-order valence-corrected chi connectivity index (χ3v) is 5.61. The Balaban J connectivity index is 1.88. The Labute approximate surface area is 132 Å². The zero-order chi connectivity index (χ0) is 13.4. The van der Waals surface area contributed by atoms with E-state index in [2.05, 4.69) is 66.8 Å². The fraction of sp³-hybridized carbons (Fsp3) is 0.600. The number of hydrogen-bond acceptors (Lipinski definition) is 2. The van der Waals surface area contributed by atoms with E-state index in [1.807, 2.05) is 0 Å². The third kappa shape index (κ3) is 2.72. The summed E-state index contributed by atoms with van der Waals surface area (Å²) in [6, 6.07) is 7.95. The molecule has 4 heteroatoms. The van der Waals surface area contributed by atoms with E-state index in [0.29, 0.717) is 6.04 Å². The topological polar surface area (TPSA) is 6.48 Å². The van der Waals surface area contributed by atoms with Gasteiger partial charge in [-0.1, -0.05) is 22.9 Å². The second-order valence-corrected chi connectivity index (χ2v) is 7.37. The van der Waals surface area contributed by atoms with Crippen LogP contribution in [0.1, 0.15) is 26.2 Å². The van der Waals surface area contributed by atoms with Gasteiger partial charge in [-0.2, -0.15) is 0 Å². The molecule has 2 fully saturated rings. The molecule has 1 aromatic rings. The molecule has 0 aromatic heterocycles. The predicted molar refractivity (Wildman–Crippen MR) is 87.9 cm³/mol. The Morgan fingerprint density at radius 1 is 1.26 bits per heavy atom. The quantitative estimate of drug-likeness (QED) is 0.747. The van der Waals surface area contributed by atoms with Crippen LogP contribution in [0, 0.1) is 0 Å². The zero-order valence-electron chi connectivity index (χ0n) is 11.3. The van der Waals surface area contributed by atoms with Gasteiger partial charge in [-0.05, 0) is 59.9 Å². The number of fused-ring (bicyclic) bond motifs is 1. The number of nitrogens with zero attached hydrogens (tertiary/aromatic N) is 2. The first-order valence-electron chi connectivity index (χ1n) is 7.14. The van der Waals surface area contributed by atoms with E-state index >= 15 is 0 Å². The second-order valence-electron chi connectivity index (χ2n) is 5.60. The summed E-state index contributed by atoms with van der Waals surface area (Å²) in [5.41, 5.74) is 1.35. The highest BCUT2D eigenvalue weighted by Crippen LogP contribution is 2.35. The molecule has 2 atom stereocenters. The highest BCUT2D eigenvalue weighted by molar-refractivity contribution is 9.11. The van der Waals surface area contributed by atoms with Crippen LogP contribution in [0.25, 0.3) is 0 Å². The maximum atomic E-state index is 3.73. The molecule has 0 amide bonds. The molecule has 104 valence electrons. The Kier molecular flexibility index (Phi) is 4.20. The molecule has 2 nitrogen and oxygen atoms in total. The number of halogens is 2. The molecule has 0 saturated carbocycles. The van der Waals surface area contributed by atoms with Crippen LogP contribution in [0.2, 0.25) is 0 Å². The summed E-state index contributed by atoms with van der Waals surface area (Å²) in [5, 5.41) is 0. The molecule has 0 spiro atoms. The lowest BCUT2D eigenvalue weighted by atomic mass is 10.0. The molecule has 2 saturated heterocycles. The summed E-state index contributed by atoms with van der Waals surface area (Å²) in [6.07, 6.45) is 3.95. The molecule has 1 aromatic carbocycles. The summed E-state index contributed by atoms with van der Waals surface area (Å²) in [5.74, 6) is 0. The molecule has 2 heterocycles. The lowest BCUT2D eigenvalue weighted by Gasteiger charge is -2.45. The Morgan fingerprint density at radius 2 is 2.11 bits per heavy atom. The minimum absolute atomic E-state index is 0.645.